The summed E-state index contributed by atoms with van der Waals surface area (Å²) in [6.45, 7) is 0.469. The molecular weight excluding hydrogens is 328 g/mol. The van der Waals surface area contributed by atoms with E-state index in [9.17, 15) is 4.79 Å². The van der Waals surface area contributed by atoms with Crippen LogP contribution in [-0.4, -0.2) is 22.8 Å². The molecule has 1 aromatic heterocycles. The summed E-state index contributed by atoms with van der Waals surface area (Å²) in [5, 5.41) is 1.52. The normalized spacial score (nSPS) is 10.5. The molecule has 0 aliphatic rings. The predicted molar refractivity (Wildman–Crippen MR) is 94.8 cm³/mol. The van der Waals surface area contributed by atoms with E-state index in [4.69, 9.17) is 11.6 Å². The first-order valence-corrected chi connectivity index (χ1v) is 8.34. The Morgan fingerprint density at radius 2 is 1.83 bits per heavy atom. The van der Waals surface area contributed by atoms with Crippen molar-refractivity contribution in [3.8, 4) is 10.6 Å². The third-order valence-corrected chi connectivity index (χ3v) is 4.85. The Kier molecular flexibility index (Phi) is 4.74. The molecule has 0 N–H and O–H groups in total. The molecule has 1 amide bonds. The van der Waals surface area contributed by atoms with Crippen LogP contribution in [0.4, 0.5) is 0 Å². The number of aromatic nitrogens is 1. The quantitative estimate of drug-likeness (QED) is 0.686. The van der Waals surface area contributed by atoms with Gasteiger partial charge in [-0.2, -0.15) is 0 Å². The van der Waals surface area contributed by atoms with E-state index in [0.717, 1.165) is 16.1 Å². The lowest BCUT2D eigenvalue weighted by atomic mass is 10.2. The van der Waals surface area contributed by atoms with Gasteiger partial charge in [-0.05, 0) is 11.6 Å². The monoisotopic (exact) mass is 342 g/mol. The third kappa shape index (κ3) is 3.60. The summed E-state index contributed by atoms with van der Waals surface area (Å²) >= 11 is 7.56. The minimum atomic E-state index is -0.0513. The van der Waals surface area contributed by atoms with Gasteiger partial charge in [0.2, 0.25) is 0 Å². The number of carbonyl (C=O) groups excluding carboxylic acids is 1. The predicted octanol–water partition coefficient (Wildman–Crippen LogP) is 4.74. The highest BCUT2D eigenvalue weighted by Gasteiger charge is 2.16. The molecule has 0 aliphatic heterocycles. The average Bonchev–Trinajstić information content (AvgIpc) is 3.07. The summed E-state index contributed by atoms with van der Waals surface area (Å²) in [4.78, 5) is 19.2. The molecule has 0 fully saturated rings. The summed E-state index contributed by atoms with van der Waals surface area (Å²) in [7, 11) is 1.77. The van der Waals surface area contributed by atoms with Gasteiger partial charge in [-0.25, -0.2) is 4.98 Å². The van der Waals surface area contributed by atoms with Crippen LogP contribution in [0, 0.1) is 0 Å². The molecule has 0 saturated carbocycles. The van der Waals surface area contributed by atoms with Gasteiger partial charge in [-0.3, -0.25) is 4.79 Å². The number of thiazole rings is 1. The Hall–Kier alpha value is -2.17. The highest BCUT2D eigenvalue weighted by molar-refractivity contribution is 7.16. The molecule has 0 atom stereocenters. The Balaban J connectivity index is 1.76. The lowest BCUT2D eigenvalue weighted by molar-refractivity contribution is 0.0789. The van der Waals surface area contributed by atoms with E-state index in [1.165, 1.54) is 11.3 Å². The van der Waals surface area contributed by atoms with Crippen molar-refractivity contribution in [3.05, 3.63) is 76.3 Å². The van der Waals surface area contributed by atoms with Crippen LogP contribution >= 0.6 is 22.9 Å². The second-order valence-electron chi connectivity index (χ2n) is 5.15. The summed E-state index contributed by atoms with van der Waals surface area (Å²) in [6, 6.07) is 17.4. The molecule has 0 bridgehead atoms. The number of carbonyl (C=O) groups is 1. The van der Waals surface area contributed by atoms with Crippen LogP contribution in [0.2, 0.25) is 5.02 Å². The van der Waals surface area contributed by atoms with Crippen LogP contribution in [0.5, 0.6) is 0 Å². The molecule has 0 saturated heterocycles. The van der Waals surface area contributed by atoms with Crippen molar-refractivity contribution in [2.45, 2.75) is 6.54 Å². The van der Waals surface area contributed by atoms with Crippen LogP contribution in [-0.2, 0) is 6.54 Å². The molecule has 5 heteroatoms. The molecule has 3 aromatic rings. The minimum Gasteiger partial charge on any atom is -0.337 e. The standard InChI is InChI=1S/C18H15ClN2OS/c1-21(12-14-9-5-6-10-15(14)19)18(22)16-11-20-17(23-16)13-7-3-2-4-8-13/h2-11H,12H2,1H3. The number of benzene rings is 2. The van der Waals surface area contributed by atoms with E-state index < -0.39 is 0 Å². The van der Waals surface area contributed by atoms with E-state index in [1.807, 2.05) is 54.6 Å². The second-order valence-corrected chi connectivity index (χ2v) is 6.59. The smallest absolute Gasteiger partial charge is 0.265 e. The summed E-state index contributed by atoms with van der Waals surface area (Å²) < 4.78 is 0. The van der Waals surface area contributed by atoms with Gasteiger partial charge in [0, 0.05) is 24.2 Å². The molecule has 116 valence electrons. The molecular formula is C18H15ClN2OS. The van der Waals surface area contributed by atoms with E-state index in [-0.39, 0.29) is 5.91 Å². The highest BCUT2D eigenvalue weighted by atomic mass is 35.5. The topological polar surface area (TPSA) is 33.2 Å². The summed E-state index contributed by atoms with van der Waals surface area (Å²) in [5.74, 6) is -0.0513. The molecule has 1 heterocycles. The zero-order valence-corrected chi connectivity index (χ0v) is 14.1. The fourth-order valence-electron chi connectivity index (χ4n) is 2.23. The Bertz CT molecular complexity index is 817. The van der Waals surface area contributed by atoms with E-state index in [2.05, 4.69) is 4.98 Å². The SMILES string of the molecule is CN(Cc1ccccc1Cl)C(=O)c1cnc(-c2ccccc2)s1. The van der Waals surface area contributed by atoms with Crippen LogP contribution in [0.25, 0.3) is 10.6 Å². The van der Waals surface area contributed by atoms with Gasteiger partial charge < -0.3 is 4.90 Å². The van der Waals surface area contributed by atoms with Crippen LogP contribution in [0.15, 0.2) is 60.8 Å². The first kappa shape index (κ1) is 15.7. The fourth-order valence-corrected chi connectivity index (χ4v) is 3.34. The van der Waals surface area contributed by atoms with Crippen LogP contribution < -0.4 is 0 Å². The van der Waals surface area contributed by atoms with Gasteiger partial charge in [0.15, 0.2) is 0 Å². The maximum atomic E-state index is 12.6. The van der Waals surface area contributed by atoms with Crippen LogP contribution in [0.3, 0.4) is 0 Å². The minimum absolute atomic E-state index is 0.0513. The molecule has 3 rings (SSSR count). The van der Waals surface area contributed by atoms with E-state index >= 15 is 0 Å². The number of hydrogen-bond donors (Lipinski definition) is 0. The second kappa shape index (κ2) is 6.94. The van der Waals surface area contributed by atoms with Crippen molar-refractivity contribution < 1.29 is 4.79 Å². The molecule has 0 spiro atoms. The summed E-state index contributed by atoms with van der Waals surface area (Å²) in [5.41, 5.74) is 1.95. The van der Waals surface area contributed by atoms with Crippen LogP contribution in [0.1, 0.15) is 15.2 Å². The largest absolute Gasteiger partial charge is 0.337 e. The molecule has 2 aromatic carbocycles. The van der Waals surface area contributed by atoms with Crippen molar-refractivity contribution in [1.29, 1.82) is 0 Å². The van der Waals surface area contributed by atoms with Gasteiger partial charge >= 0.3 is 0 Å². The Morgan fingerprint density at radius 3 is 2.57 bits per heavy atom. The van der Waals surface area contributed by atoms with Crippen molar-refractivity contribution in [1.82, 2.24) is 9.88 Å². The van der Waals surface area contributed by atoms with Gasteiger partial charge in [0.05, 0.1) is 6.20 Å². The van der Waals surface area contributed by atoms with Gasteiger partial charge in [-0.1, -0.05) is 60.1 Å². The molecule has 3 nitrogen and oxygen atoms in total. The Morgan fingerprint density at radius 1 is 1.13 bits per heavy atom. The number of rotatable bonds is 4. The summed E-state index contributed by atoms with van der Waals surface area (Å²) in [6.07, 6.45) is 1.64. The first-order valence-electron chi connectivity index (χ1n) is 7.15. The van der Waals surface area contributed by atoms with Gasteiger partial charge in [0.25, 0.3) is 5.91 Å². The average molecular weight is 343 g/mol. The van der Waals surface area contributed by atoms with Crippen molar-refractivity contribution in [2.24, 2.45) is 0 Å². The van der Waals surface area contributed by atoms with Gasteiger partial charge in [0.1, 0.15) is 9.88 Å². The number of nitrogens with zero attached hydrogens (tertiary/aromatic N) is 2. The lowest BCUT2D eigenvalue weighted by Crippen LogP contribution is -2.25. The fraction of sp³-hybridized carbons (Fsp3) is 0.111. The maximum Gasteiger partial charge on any atom is 0.265 e. The molecule has 23 heavy (non-hydrogen) atoms. The van der Waals surface area contributed by atoms with E-state index in [0.29, 0.717) is 16.4 Å². The van der Waals surface area contributed by atoms with Crippen molar-refractivity contribution in [3.63, 3.8) is 0 Å². The number of hydrogen-bond acceptors (Lipinski definition) is 3. The number of amides is 1. The maximum absolute atomic E-state index is 12.6. The van der Waals surface area contributed by atoms with Gasteiger partial charge in [-0.15, -0.1) is 11.3 Å². The molecule has 0 unspecified atom stereocenters. The third-order valence-electron chi connectivity index (χ3n) is 3.45. The van der Waals surface area contributed by atoms with E-state index in [1.54, 1.807) is 18.1 Å². The molecule has 0 aliphatic carbocycles. The van der Waals surface area contributed by atoms with Crippen molar-refractivity contribution in [2.75, 3.05) is 7.05 Å². The number of halogens is 1. The zero-order chi connectivity index (χ0) is 16.2. The zero-order valence-electron chi connectivity index (χ0n) is 12.6. The Labute approximate surface area is 144 Å². The highest BCUT2D eigenvalue weighted by Crippen LogP contribution is 2.26. The van der Waals surface area contributed by atoms with Crippen molar-refractivity contribution >= 4 is 28.8 Å². The molecule has 0 radical (unpaired) electrons. The lowest BCUT2D eigenvalue weighted by Gasteiger charge is -2.16. The first-order chi connectivity index (χ1) is 11.1.